The number of carbonyl (C=O) groups excluding carboxylic acids is 2. The normalized spacial score (nSPS) is 19.5. The first-order valence-electron chi connectivity index (χ1n) is 11.6. The van der Waals surface area contributed by atoms with Crippen LogP contribution >= 0.6 is 11.3 Å². The molecular formula is C28H24N2O5S. The zero-order chi connectivity index (χ0) is 25.2. The van der Waals surface area contributed by atoms with Crippen molar-refractivity contribution >= 4 is 28.8 Å². The molecule has 7 nitrogen and oxygen atoms in total. The molecule has 1 N–H and O–H groups in total. The lowest BCUT2D eigenvalue weighted by molar-refractivity contribution is -0.384. The molecule has 1 aromatic heterocycles. The number of esters is 1. The molecule has 1 aliphatic carbocycles. The van der Waals surface area contributed by atoms with Crippen molar-refractivity contribution < 1.29 is 19.2 Å². The number of carbonyl (C=O) groups is 2. The number of Topliss-reactive ketones (excluding diaryl/α,β-unsaturated/α-hetero) is 1. The van der Waals surface area contributed by atoms with Crippen LogP contribution in [0.25, 0.3) is 0 Å². The van der Waals surface area contributed by atoms with E-state index in [-0.39, 0.29) is 24.0 Å². The Labute approximate surface area is 212 Å². The molecule has 2 aromatic carbocycles. The van der Waals surface area contributed by atoms with Crippen LogP contribution in [-0.4, -0.2) is 16.7 Å². The van der Waals surface area contributed by atoms with E-state index in [1.54, 1.807) is 30.4 Å². The van der Waals surface area contributed by atoms with Crippen LogP contribution < -0.4 is 5.32 Å². The van der Waals surface area contributed by atoms with Crippen molar-refractivity contribution in [2.45, 2.75) is 38.2 Å². The third-order valence-electron chi connectivity index (χ3n) is 6.64. The quantitative estimate of drug-likeness (QED) is 0.262. The van der Waals surface area contributed by atoms with Gasteiger partial charge in [-0.3, -0.25) is 14.9 Å². The minimum absolute atomic E-state index is 0.0358. The summed E-state index contributed by atoms with van der Waals surface area (Å²) in [5, 5.41) is 16.5. The minimum atomic E-state index is -0.665. The van der Waals surface area contributed by atoms with E-state index in [9.17, 15) is 19.7 Å². The largest absolute Gasteiger partial charge is 0.457 e. The van der Waals surface area contributed by atoms with Gasteiger partial charge in [-0.05, 0) is 35.9 Å². The Morgan fingerprint density at radius 1 is 1.08 bits per heavy atom. The first kappa shape index (κ1) is 23.7. The molecule has 0 bridgehead atoms. The third-order valence-corrected chi connectivity index (χ3v) is 7.68. The molecule has 0 saturated heterocycles. The van der Waals surface area contributed by atoms with Crippen LogP contribution in [0.1, 0.15) is 47.6 Å². The van der Waals surface area contributed by atoms with Crippen LogP contribution in [0.4, 0.5) is 5.69 Å². The van der Waals surface area contributed by atoms with Crippen LogP contribution in [0.15, 0.2) is 94.7 Å². The molecule has 0 saturated carbocycles. The molecule has 8 heteroatoms. The Kier molecular flexibility index (Phi) is 6.52. The van der Waals surface area contributed by atoms with E-state index in [1.807, 2.05) is 47.8 Å². The van der Waals surface area contributed by atoms with E-state index in [4.69, 9.17) is 4.74 Å². The molecule has 3 aromatic rings. The second-order valence-corrected chi connectivity index (χ2v) is 9.92. The summed E-state index contributed by atoms with van der Waals surface area (Å²) < 4.78 is 5.67. The van der Waals surface area contributed by atoms with Crippen LogP contribution in [0.2, 0.25) is 0 Å². The molecule has 5 rings (SSSR count). The van der Waals surface area contributed by atoms with Gasteiger partial charge in [0.15, 0.2) is 5.78 Å². The van der Waals surface area contributed by atoms with E-state index < -0.39 is 16.8 Å². The molecular weight excluding hydrogens is 476 g/mol. The number of non-ortho nitro benzene ring substituents is 1. The number of nitro groups is 1. The Bertz CT molecular complexity index is 1380. The highest BCUT2D eigenvalue weighted by Gasteiger charge is 2.41. The van der Waals surface area contributed by atoms with Gasteiger partial charge in [0.2, 0.25) is 0 Å². The number of ether oxygens (including phenoxy) is 1. The average Bonchev–Trinajstić information content (AvgIpc) is 3.42. The zero-order valence-corrected chi connectivity index (χ0v) is 20.4. The smallest absolute Gasteiger partial charge is 0.337 e. The van der Waals surface area contributed by atoms with Crippen molar-refractivity contribution in [2.24, 2.45) is 0 Å². The fourth-order valence-corrected chi connectivity index (χ4v) is 5.79. The monoisotopic (exact) mass is 500 g/mol. The van der Waals surface area contributed by atoms with Gasteiger partial charge in [0.05, 0.1) is 10.5 Å². The molecule has 182 valence electrons. The van der Waals surface area contributed by atoms with Crippen molar-refractivity contribution in [1.82, 2.24) is 5.32 Å². The van der Waals surface area contributed by atoms with Crippen molar-refractivity contribution in [3.8, 4) is 0 Å². The number of nitro benzene ring substituents is 1. The van der Waals surface area contributed by atoms with Gasteiger partial charge in [-0.1, -0.05) is 48.5 Å². The number of benzene rings is 2. The molecule has 0 fully saturated rings. The number of dihydropyridines is 1. The molecule has 0 amide bonds. The topological polar surface area (TPSA) is 98.5 Å². The number of allylic oxidation sites excluding steroid dienone is 3. The highest BCUT2D eigenvalue weighted by atomic mass is 32.1. The maximum Gasteiger partial charge on any atom is 0.337 e. The van der Waals surface area contributed by atoms with Crippen molar-refractivity contribution in [2.75, 3.05) is 0 Å². The molecule has 2 aliphatic rings. The van der Waals surface area contributed by atoms with Crippen molar-refractivity contribution in [3.05, 3.63) is 121 Å². The predicted octanol–water partition coefficient (Wildman–Crippen LogP) is 5.76. The second kappa shape index (κ2) is 9.91. The number of ketones is 1. The third kappa shape index (κ3) is 4.59. The van der Waals surface area contributed by atoms with E-state index in [0.29, 0.717) is 35.2 Å². The van der Waals surface area contributed by atoms with Crippen LogP contribution in [-0.2, 0) is 20.9 Å². The minimum Gasteiger partial charge on any atom is -0.457 e. The lowest BCUT2D eigenvalue weighted by Crippen LogP contribution is -2.36. The van der Waals surface area contributed by atoms with Gasteiger partial charge in [-0.15, -0.1) is 11.3 Å². The summed E-state index contributed by atoms with van der Waals surface area (Å²) in [6.45, 7) is 1.91. The van der Waals surface area contributed by atoms with Gasteiger partial charge >= 0.3 is 5.97 Å². The van der Waals surface area contributed by atoms with Crippen molar-refractivity contribution in [1.29, 1.82) is 0 Å². The molecule has 36 heavy (non-hydrogen) atoms. The number of nitrogens with zero attached hydrogens (tertiary/aromatic N) is 1. The van der Waals surface area contributed by atoms with Gasteiger partial charge in [0.25, 0.3) is 5.69 Å². The van der Waals surface area contributed by atoms with Gasteiger partial charge < -0.3 is 10.1 Å². The maximum atomic E-state index is 13.6. The number of thiophene rings is 1. The Morgan fingerprint density at radius 3 is 2.50 bits per heavy atom. The highest BCUT2D eigenvalue weighted by molar-refractivity contribution is 7.10. The SMILES string of the molecule is CC1=C(C(=O)OCc2ccccc2)[C@@H](c2ccc([N+](=O)[O-])cc2)C2=C(C[C@H](c3cccs3)CC2=O)N1. The molecule has 0 radical (unpaired) electrons. The van der Waals surface area contributed by atoms with Crippen LogP contribution in [0, 0.1) is 10.1 Å². The standard InChI is InChI=1S/C28H24N2O5S/c1-17-25(28(32)35-16-18-6-3-2-4-7-18)26(19-9-11-21(12-10-19)30(33)34)27-22(29-17)14-20(15-23(27)31)24-8-5-13-36-24/h2-13,20,26,29H,14-16H2,1H3/t20-,26+/m0/s1. The average molecular weight is 501 g/mol. The first-order chi connectivity index (χ1) is 17.4. The molecule has 0 unspecified atom stereocenters. The molecule has 1 aliphatic heterocycles. The summed E-state index contributed by atoms with van der Waals surface area (Å²) in [6, 6.07) is 19.4. The molecule has 0 spiro atoms. The summed E-state index contributed by atoms with van der Waals surface area (Å²) >= 11 is 1.63. The lowest BCUT2D eigenvalue weighted by Gasteiger charge is -2.36. The molecule has 2 atom stereocenters. The number of hydrogen-bond acceptors (Lipinski definition) is 7. The summed E-state index contributed by atoms with van der Waals surface area (Å²) in [4.78, 5) is 38.9. The predicted molar refractivity (Wildman–Crippen MR) is 136 cm³/mol. The van der Waals surface area contributed by atoms with E-state index in [0.717, 1.165) is 16.1 Å². The van der Waals surface area contributed by atoms with Crippen molar-refractivity contribution in [3.63, 3.8) is 0 Å². The van der Waals surface area contributed by atoms with Gasteiger partial charge in [0, 0.05) is 52.2 Å². The summed E-state index contributed by atoms with van der Waals surface area (Å²) in [5.41, 5.74) is 3.74. The van der Waals surface area contributed by atoms with Crippen LogP contribution in [0.3, 0.4) is 0 Å². The number of nitrogens with one attached hydrogen (secondary N) is 1. The fraction of sp³-hybridized carbons (Fsp3) is 0.214. The summed E-state index contributed by atoms with van der Waals surface area (Å²) in [7, 11) is 0. The van der Waals surface area contributed by atoms with Gasteiger partial charge in [0.1, 0.15) is 6.61 Å². The maximum absolute atomic E-state index is 13.6. The van der Waals surface area contributed by atoms with Gasteiger partial charge in [-0.25, -0.2) is 4.79 Å². The fourth-order valence-electron chi connectivity index (χ4n) is 4.96. The number of rotatable bonds is 6. The summed E-state index contributed by atoms with van der Waals surface area (Å²) in [5.74, 6) is -1.15. The first-order valence-corrected chi connectivity index (χ1v) is 12.5. The Morgan fingerprint density at radius 2 is 1.83 bits per heavy atom. The molecule has 2 heterocycles. The van der Waals surface area contributed by atoms with E-state index >= 15 is 0 Å². The highest BCUT2D eigenvalue weighted by Crippen LogP contribution is 2.46. The lowest BCUT2D eigenvalue weighted by atomic mass is 9.72. The number of hydrogen-bond donors (Lipinski definition) is 1. The summed E-state index contributed by atoms with van der Waals surface area (Å²) in [6.07, 6.45) is 0.991. The Balaban J connectivity index is 1.52. The second-order valence-electron chi connectivity index (χ2n) is 8.94. The Hall–Kier alpha value is -4.04. The van der Waals surface area contributed by atoms with E-state index in [1.165, 1.54) is 12.1 Å². The van der Waals surface area contributed by atoms with E-state index in [2.05, 4.69) is 5.32 Å². The van der Waals surface area contributed by atoms with Gasteiger partial charge in [-0.2, -0.15) is 0 Å². The van der Waals surface area contributed by atoms with Crippen LogP contribution in [0.5, 0.6) is 0 Å². The zero-order valence-electron chi connectivity index (χ0n) is 19.6.